The van der Waals surface area contributed by atoms with Gasteiger partial charge in [0, 0.05) is 13.1 Å². The van der Waals surface area contributed by atoms with Crippen LogP contribution < -0.4 is 5.32 Å². The second-order valence-electron chi connectivity index (χ2n) is 6.02. The van der Waals surface area contributed by atoms with E-state index in [-0.39, 0.29) is 17.9 Å². The van der Waals surface area contributed by atoms with E-state index in [0.717, 1.165) is 26.1 Å². The first-order valence-corrected chi connectivity index (χ1v) is 6.17. The van der Waals surface area contributed by atoms with Gasteiger partial charge in [-0.3, -0.25) is 5.32 Å². The number of nitrogens with one attached hydrogen (secondary N) is 1. The van der Waals surface area contributed by atoms with E-state index < -0.39 is 5.60 Å². The van der Waals surface area contributed by atoms with Gasteiger partial charge in [0.25, 0.3) is 0 Å². The highest BCUT2D eigenvalue weighted by molar-refractivity contribution is 5.69. The molecule has 1 spiro atoms. The fourth-order valence-corrected chi connectivity index (χ4v) is 2.37. The predicted octanol–water partition coefficient (Wildman–Crippen LogP) is 1.33. The van der Waals surface area contributed by atoms with Crippen LogP contribution in [0.25, 0.3) is 0 Å². The van der Waals surface area contributed by atoms with E-state index in [9.17, 15) is 4.79 Å². The Labute approximate surface area is 102 Å². The monoisotopic (exact) mass is 242 g/mol. The summed E-state index contributed by atoms with van der Waals surface area (Å²) in [7, 11) is 0. The highest BCUT2D eigenvalue weighted by atomic mass is 16.6. The quantitative estimate of drug-likeness (QED) is 0.696. The van der Waals surface area contributed by atoms with E-state index in [4.69, 9.17) is 9.47 Å². The van der Waals surface area contributed by atoms with Crippen molar-refractivity contribution in [3.63, 3.8) is 0 Å². The summed E-state index contributed by atoms with van der Waals surface area (Å²) in [6.45, 7) is 9.85. The average Bonchev–Trinajstić information content (AvgIpc) is 2.10. The lowest BCUT2D eigenvalue weighted by Crippen LogP contribution is -2.74. The number of nitrogens with zero attached hydrogens (tertiary/aromatic N) is 1. The molecule has 2 heterocycles. The van der Waals surface area contributed by atoms with Crippen molar-refractivity contribution in [2.24, 2.45) is 0 Å². The van der Waals surface area contributed by atoms with E-state index in [1.165, 1.54) is 0 Å². The van der Waals surface area contributed by atoms with E-state index in [0.29, 0.717) is 0 Å². The molecule has 98 valence electrons. The topological polar surface area (TPSA) is 50.8 Å². The summed E-state index contributed by atoms with van der Waals surface area (Å²) in [6, 6.07) is 0. The van der Waals surface area contributed by atoms with Gasteiger partial charge >= 0.3 is 6.09 Å². The van der Waals surface area contributed by atoms with Crippen molar-refractivity contribution in [1.82, 2.24) is 10.2 Å². The number of carbonyl (C=O) groups is 1. The minimum Gasteiger partial charge on any atom is -0.444 e. The number of likely N-dealkylation sites (tertiary alicyclic amines) is 1. The Bertz CT molecular complexity index is 305. The molecule has 0 bridgehead atoms. The van der Waals surface area contributed by atoms with Crippen LogP contribution >= 0.6 is 0 Å². The highest BCUT2D eigenvalue weighted by Crippen LogP contribution is 2.29. The molecule has 5 nitrogen and oxygen atoms in total. The molecule has 2 aliphatic rings. The van der Waals surface area contributed by atoms with Crippen LogP contribution in [-0.2, 0) is 9.47 Å². The molecule has 0 saturated carbocycles. The number of ether oxygens (including phenoxy) is 2. The molecule has 0 aromatic heterocycles. The zero-order valence-corrected chi connectivity index (χ0v) is 11.1. The molecule has 2 rings (SSSR count). The summed E-state index contributed by atoms with van der Waals surface area (Å²) in [5.41, 5.74) is -0.370. The maximum Gasteiger partial charge on any atom is 0.410 e. The Hall–Kier alpha value is -0.810. The predicted molar refractivity (Wildman–Crippen MR) is 63.7 cm³/mol. The van der Waals surface area contributed by atoms with Gasteiger partial charge in [0.05, 0.1) is 12.1 Å². The fraction of sp³-hybridized carbons (Fsp3) is 0.917. The lowest BCUT2D eigenvalue weighted by atomic mass is 9.86. The Balaban J connectivity index is 1.83. The third-order valence-corrected chi connectivity index (χ3v) is 3.10. The SMILES string of the molecule is CC1NC2(CCO1)CN(C(=O)OC(C)(C)C)C2. The van der Waals surface area contributed by atoms with Crippen molar-refractivity contribution in [2.75, 3.05) is 19.7 Å². The second-order valence-corrected chi connectivity index (χ2v) is 6.02. The highest BCUT2D eigenvalue weighted by Gasteiger charge is 2.48. The van der Waals surface area contributed by atoms with Gasteiger partial charge in [0.15, 0.2) is 0 Å². The first-order valence-electron chi connectivity index (χ1n) is 6.17. The average molecular weight is 242 g/mol. The third-order valence-electron chi connectivity index (χ3n) is 3.10. The molecule has 1 unspecified atom stereocenters. The fourth-order valence-electron chi connectivity index (χ4n) is 2.37. The molecule has 0 aliphatic carbocycles. The van der Waals surface area contributed by atoms with E-state index in [1.807, 2.05) is 27.7 Å². The molecule has 17 heavy (non-hydrogen) atoms. The largest absolute Gasteiger partial charge is 0.444 e. The molecule has 2 fully saturated rings. The molecule has 5 heteroatoms. The zero-order chi connectivity index (χ0) is 12.7. The molecule has 2 aliphatic heterocycles. The van der Waals surface area contributed by atoms with E-state index in [1.54, 1.807) is 4.90 Å². The van der Waals surface area contributed by atoms with Crippen LogP contribution in [0.15, 0.2) is 0 Å². The Morgan fingerprint density at radius 2 is 2.12 bits per heavy atom. The van der Waals surface area contributed by atoms with E-state index >= 15 is 0 Å². The molecule has 1 atom stereocenters. The standard InChI is InChI=1S/C12H22N2O3/c1-9-13-12(5-6-16-9)7-14(8-12)10(15)17-11(2,3)4/h9,13H,5-8H2,1-4H3. The van der Waals surface area contributed by atoms with Crippen molar-refractivity contribution in [3.8, 4) is 0 Å². The maximum absolute atomic E-state index is 11.8. The zero-order valence-electron chi connectivity index (χ0n) is 11.1. The minimum atomic E-state index is -0.420. The summed E-state index contributed by atoms with van der Waals surface area (Å²) in [5.74, 6) is 0. The van der Waals surface area contributed by atoms with Crippen LogP contribution in [0.4, 0.5) is 4.79 Å². The number of rotatable bonds is 0. The van der Waals surface area contributed by atoms with Gasteiger partial charge < -0.3 is 14.4 Å². The summed E-state index contributed by atoms with van der Waals surface area (Å²) in [4.78, 5) is 13.5. The Morgan fingerprint density at radius 3 is 2.65 bits per heavy atom. The molecule has 1 N–H and O–H groups in total. The van der Waals surface area contributed by atoms with Crippen molar-refractivity contribution < 1.29 is 14.3 Å². The van der Waals surface area contributed by atoms with Gasteiger partial charge in [-0.05, 0) is 34.1 Å². The second kappa shape index (κ2) is 4.14. The third kappa shape index (κ3) is 2.90. The number of amides is 1. The summed E-state index contributed by atoms with van der Waals surface area (Å²) in [5, 5.41) is 3.41. The normalized spacial score (nSPS) is 27.8. The van der Waals surface area contributed by atoms with Crippen molar-refractivity contribution in [1.29, 1.82) is 0 Å². The Kier molecular flexibility index (Phi) is 3.08. The number of carbonyl (C=O) groups excluding carboxylic acids is 1. The van der Waals surface area contributed by atoms with Crippen molar-refractivity contribution in [2.45, 2.75) is 51.5 Å². The van der Waals surface area contributed by atoms with Gasteiger partial charge in [-0.2, -0.15) is 0 Å². The number of hydrogen-bond acceptors (Lipinski definition) is 4. The molecule has 1 amide bonds. The van der Waals surface area contributed by atoms with Gasteiger partial charge in [-0.1, -0.05) is 0 Å². The van der Waals surface area contributed by atoms with Crippen molar-refractivity contribution in [3.05, 3.63) is 0 Å². The minimum absolute atomic E-state index is 0.0502. The first-order chi connectivity index (χ1) is 7.80. The molecular weight excluding hydrogens is 220 g/mol. The van der Waals surface area contributed by atoms with Gasteiger partial charge in [0.2, 0.25) is 0 Å². The van der Waals surface area contributed by atoms with Crippen LogP contribution in [0.1, 0.15) is 34.1 Å². The molecular formula is C12H22N2O3. The smallest absolute Gasteiger partial charge is 0.410 e. The molecule has 2 saturated heterocycles. The summed E-state index contributed by atoms with van der Waals surface area (Å²) < 4.78 is 10.8. The summed E-state index contributed by atoms with van der Waals surface area (Å²) in [6.07, 6.45) is 0.810. The van der Waals surface area contributed by atoms with Gasteiger partial charge in [-0.15, -0.1) is 0 Å². The number of hydrogen-bond donors (Lipinski definition) is 1. The van der Waals surface area contributed by atoms with Crippen LogP contribution in [0.3, 0.4) is 0 Å². The molecule has 0 radical (unpaired) electrons. The lowest BCUT2D eigenvalue weighted by molar-refractivity contribution is -0.0925. The molecule has 0 aromatic rings. The van der Waals surface area contributed by atoms with Crippen LogP contribution in [-0.4, -0.2) is 48.1 Å². The van der Waals surface area contributed by atoms with Gasteiger partial charge in [-0.25, -0.2) is 4.79 Å². The lowest BCUT2D eigenvalue weighted by Gasteiger charge is -2.53. The van der Waals surface area contributed by atoms with Crippen molar-refractivity contribution >= 4 is 6.09 Å². The van der Waals surface area contributed by atoms with Crippen LogP contribution in [0.5, 0.6) is 0 Å². The Morgan fingerprint density at radius 1 is 1.47 bits per heavy atom. The summed E-state index contributed by atoms with van der Waals surface area (Å²) >= 11 is 0. The molecule has 0 aromatic carbocycles. The van der Waals surface area contributed by atoms with E-state index in [2.05, 4.69) is 5.32 Å². The van der Waals surface area contributed by atoms with Crippen LogP contribution in [0.2, 0.25) is 0 Å². The first kappa shape index (κ1) is 12.6. The van der Waals surface area contributed by atoms with Crippen LogP contribution in [0, 0.1) is 0 Å². The maximum atomic E-state index is 11.8. The van der Waals surface area contributed by atoms with Gasteiger partial charge in [0.1, 0.15) is 11.8 Å².